The van der Waals surface area contributed by atoms with Crippen LogP contribution in [0.3, 0.4) is 0 Å². The van der Waals surface area contributed by atoms with E-state index in [9.17, 15) is 13.5 Å². The average molecular weight is 303 g/mol. The number of ether oxygens (including phenoxy) is 1. The number of aryl methyl sites for hydroxylation is 1. The summed E-state index contributed by atoms with van der Waals surface area (Å²) >= 11 is 0. The summed E-state index contributed by atoms with van der Waals surface area (Å²) in [6.45, 7) is 2.85. The zero-order valence-electron chi connectivity index (χ0n) is 11.8. The highest BCUT2D eigenvalue weighted by Crippen LogP contribution is 2.23. The third-order valence-corrected chi connectivity index (χ3v) is 5.28. The Kier molecular flexibility index (Phi) is 4.48. The lowest BCUT2D eigenvalue weighted by molar-refractivity contribution is -0.0689. The van der Waals surface area contributed by atoms with Gasteiger partial charge < -0.3 is 14.8 Å². The molecule has 7 nitrogen and oxygen atoms in total. The van der Waals surface area contributed by atoms with Crippen LogP contribution >= 0.6 is 0 Å². The SMILES string of the molecule is CCc1ncc(S(=O)(=O)N(C)CC2(O)CCOCC2)[nH]1. The van der Waals surface area contributed by atoms with Crippen molar-refractivity contribution in [1.82, 2.24) is 14.3 Å². The topological polar surface area (TPSA) is 95.5 Å². The number of H-pyrrole nitrogens is 1. The predicted octanol–water partition coefficient (Wildman–Crippen LogP) is 0.134. The van der Waals surface area contributed by atoms with Crippen molar-refractivity contribution in [2.24, 2.45) is 0 Å². The van der Waals surface area contributed by atoms with Crippen LogP contribution in [0.1, 0.15) is 25.6 Å². The van der Waals surface area contributed by atoms with Crippen LogP contribution in [0.2, 0.25) is 0 Å². The van der Waals surface area contributed by atoms with Gasteiger partial charge in [-0.2, -0.15) is 4.31 Å². The van der Waals surface area contributed by atoms with E-state index in [1.165, 1.54) is 17.5 Å². The minimum absolute atomic E-state index is 0.0547. The maximum absolute atomic E-state index is 12.4. The molecule has 0 aliphatic carbocycles. The second kappa shape index (κ2) is 5.80. The smallest absolute Gasteiger partial charge is 0.259 e. The van der Waals surface area contributed by atoms with E-state index in [2.05, 4.69) is 9.97 Å². The van der Waals surface area contributed by atoms with Crippen LogP contribution in [-0.2, 0) is 21.2 Å². The fourth-order valence-corrected chi connectivity index (χ4v) is 3.41. The number of hydrogen-bond donors (Lipinski definition) is 2. The van der Waals surface area contributed by atoms with Crippen molar-refractivity contribution >= 4 is 10.0 Å². The molecule has 1 aromatic rings. The fourth-order valence-electron chi connectivity index (χ4n) is 2.23. The molecule has 8 heteroatoms. The molecule has 0 radical (unpaired) electrons. The first-order chi connectivity index (χ1) is 9.37. The number of rotatable bonds is 5. The Balaban J connectivity index is 2.12. The van der Waals surface area contributed by atoms with Gasteiger partial charge in [0.25, 0.3) is 10.0 Å². The molecule has 114 valence electrons. The van der Waals surface area contributed by atoms with Crippen molar-refractivity contribution in [1.29, 1.82) is 0 Å². The number of aromatic nitrogens is 2. The molecule has 2 rings (SSSR count). The molecule has 0 bridgehead atoms. The lowest BCUT2D eigenvalue weighted by atomic mass is 9.95. The van der Waals surface area contributed by atoms with E-state index in [0.29, 0.717) is 38.3 Å². The first kappa shape index (κ1) is 15.4. The van der Waals surface area contributed by atoms with Crippen molar-refractivity contribution in [3.8, 4) is 0 Å². The molecule has 0 saturated carbocycles. The molecule has 0 spiro atoms. The predicted molar refractivity (Wildman–Crippen MR) is 72.8 cm³/mol. The van der Waals surface area contributed by atoms with Crippen LogP contribution in [0.25, 0.3) is 0 Å². The van der Waals surface area contributed by atoms with Crippen molar-refractivity contribution in [3.63, 3.8) is 0 Å². The quantitative estimate of drug-likeness (QED) is 0.806. The molecule has 2 N–H and O–H groups in total. The Labute approximate surface area is 119 Å². The third-order valence-electron chi connectivity index (χ3n) is 3.57. The number of aromatic amines is 1. The van der Waals surface area contributed by atoms with Gasteiger partial charge in [-0.1, -0.05) is 6.92 Å². The average Bonchev–Trinajstić information content (AvgIpc) is 2.88. The van der Waals surface area contributed by atoms with Gasteiger partial charge in [-0.15, -0.1) is 0 Å². The highest BCUT2D eigenvalue weighted by molar-refractivity contribution is 7.89. The molecule has 1 fully saturated rings. The molecule has 1 aromatic heterocycles. The highest BCUT2D eigenvalue weighted by Gasteiger charge is 2.35. The fraction of sp³-hybridized carbons (Fsp3) is 0.750. The summed E-state index contributed by atoms with van der Waals surface area (Å²) in [6, 6.07) is 0. The Hall–Kier alpha value is -0.960. The van der Waals surface area contributed by atoms with Crippen LogP contribution in [0, 0.1) is 0 Å². The summed E-state index contributed by atoms with van der Waals surface area (Å²) in [5, 5.41) is 10.5. The minimum Gasteiger partial charge on any atom is -0.388 e. The van der Waals surface area contributed by atoms with Gasteiger partial charge in [0.1, 0.15) is 5.82 Å². The van der Waals surface area contributed by atoms with Gasteiger partial charge in [0, 0.05) is 46.1 Å². The maximum atomic E-state index is 12.4. The highest BCUT2D eigenvalue weighted by atomic mass is 32.2. The molecule has 0 atom stereocenters. The van der Waals surface area contributed by atoms with E-state index < -0.39 is 15.6 Å². The van der Waals surface area contributed by atoms with Crippen LogP contribution < -0.4 is 0 Å². The zero-order chi connectivity index (χ0) is 14.8. The first-order valence-electron chi connectivity index (χ1n) is 6.68. The largest absolute Gasteiger partial charge is 0.388 e. The normalized spacial score (nSPS) is 19.4. The minimum atomic E-state index is -3.65. The Morgan fingerprint density at radius 2 is 2.15 bits per heavy atom. The van der Waals surface area contributed by atoms with Crippen molar-refractivity contribution < 1.29 is 18.3 Å². The molecule has 1 saturated heterocycles. The summed E-state index contributed by atoms with van der Waals surface area (Å²) in [5.41, 5.74) is -1.02. The molecular formula is C12H21N3O4S. The summed E-state index contributed by atoms with van der Waals surface area (Å²) < 4.78 is 31.1. The standard InChI is InChI=1S/C12H21N3O4S/c1-3-10-13-8-11(14-10)20(17,18)15(2)9-12(16)4-6-19-7-5-12/h8,16H,3-7,9H2,1-2H3,(H,13,14). The number of nitrogens with one attached hydrogen (secondary N) is 1. The van der Waals surface area contributed by atoms with E-state index >= 15 is 0 Å². The molecular weight excluding hydrogens is 282 g/mol. The lowest BCUT2D eigenvalue weighted by Crippen LogP contribution is -2.47. The second-order valence-corrected chi connectivity index (χ2v) is 7.16. The van der Waals surface area contributed by atoms with Crippen molar-refractivity contribution in [2.45, 2.75) is 36.8 Å². The molecule has 1 aliphatic rings. The van der Waals surface area contributed by atoms with Gasteiger partial charge >= 0.3 is 0 Å². The number of imidazole rings is 1. The Morgan fingerprint density at radius 3 is 2.70 bits per heavy atom. The molecule has 2 heterocycles. The maximum Gasteiger partial charge on any atom is 0.259 e. The van der Waals surface area contributed by atoms with Gasteiger partial charge in [0.2, 0.25) is 0 Å². The van der Waals surface area contributed by atoms with Crippen LogP contribution in [0.5, 0.6) is 0 Å². The number of sulfonamides is 1. The molecule has 0 amide bonds. The van der Waals surface area contributed by atoms with Gasteiger partial charge in [0.15, 0.2) is 5.03 Å². The van der Waals surface area contributed by atoms with E-state index in [-0.39, 0.29) is 11.6 Å². The van der Waals surface area contributed by atoms with Gasteiger partial charge in [-0.25, -0.2) is 13.4 Å². The Morgan fingerprint density at radius 1 is 1.50 bits per heavy atom. The van der Waals surface area contributed by atoms with Crippen molar-refractivity contribution in [2.75, 3.05) is 26.8 Å². The molecule has 0 unspecified atom stereocenters. The summed E-state index contributed by atoms with van der Waals surface area (Å²) in [6.07, 6.45) is 2.84. The molecule has 20 heavy (non-hydrogen) atoms. The second-order valence-electron chi connectivity index (χ2n) is 5.15. The Bertz CT molecular complexity index is 549. The third kappa shape index (κ3) is 3.20. The number of likely N-dealkylation sites (N-methyl/N-ethyl adjacent to an activating group) is 1. The number of aliphatic hydroxyl groups is 1. The molecule has 1 aliphatic heterocycles. The lowest BCUT2D eigenvalue weighted by Gasteiger charge is -2.34. The van der Waals surface area contributed by atoms with E-state index in [1.54, 1.807) is 0 Å². The zero-order valence-corrected chi connectivity index (χ0v) is 12.6. The number of nitrogens with zero attached hydrogens (tertiary/aromatic N) is 2. The summed E-state index contributed by atoms with van der Waals surface area (Å²) in [5.74, 6) is 0.627. The van der Waals surface area contributed by atoms with Gasteiger partial charge in [0.05, 0.1) is 11.8 Å². The van der Waals surface area contributed by atoms with Crippen LogP contribution in [-0.4, -0.2) is 60.2 Å². The van der Waals surface area contributed by atoms with Gasteiger partial charge in [-0.3, -0.25) is 0 Å². The monoisotopic (exact) mass is 303 g/mol. The van der Waals surface area contributed by atoms with Gasteiger partial charge in [-0.05, 0) is 0 Å². The van der Waals surface area contributed by atoms with Crippen LogP contribution in [0.4, 0.5) is 0 Å². The first-order valence-corrected chi connectivity index (χ1v) is 8.12. The summed E-state index contributed by atoms with van der Waals surface area (Å²) in [4.78, 5) is 6.79. The van der Waals surface area contributed by atoms with Crippen molar-refractivity contribution in [3.05, 3.63) is 12.0 Å². The van der Waals surface area contributed by atoms with Crippen LogP contribution in [0.15, 0.2) is 11.2 Å². The van der Waals surface area contributed by atoms with E-state index in [0.717, 1.165) is 0 Å². The van der Waals surface area contributed by atoms with E-state index in [4.69, 9.17) is 4.74 Å². The summed E-state index contributed by atoms with van der Waals surface area (Å²) in [7, 11) is -2.18. The van der Waals surface area contributed by atoms with E-state index in [1.807, 2.05) is 6.92 Å². The molecule has 0 aromatic carbocycles. The number of hydrogen-bond acceptors (Lipinski definition) is 5.